The molecule has 1 aliphatic rings. The van der Waals surface area contributed by atoms with E-state index in [1.807, 2.05) is 0 Å². The third kappa shape index (κ3) is 2.88. The average molecular weight is 363 g/mol. The highest BCUT2D eigenvalue weighted by Crippen LogP contribution is 2.26. The van der Waals surface area contributed by atoms with E-state index >= 15 is 0 Å². The molecule has 0 atom stereocenters. The summed E-state index contributed by atoms with van der Waals surface area (Å²) in [5.74, 6) is -1.53. The summed E-state index contributed by atoms with van der Waals surface area (Å²) in [7, 11) is 0. The number of nitrogens with one attached hydrogen (secondary N) is 1. The van der Waals surface area contributed by atoms with Crippen molar-refractivity contribution >= 4 is 46.6 Å². The smallest absolute Gasteiger partial charge is 0.262 e. The minimum Gasteiger partial charge on any atom is -0.324 e. The van der Waals surface area contributed by atoms with Crippen molar-refractivity contribution in [2.45, 2.75) is 6.92 Å². The molecule has 24 heavy (non-hydrogen) atoms. The van der Waals surface area contributed by atoms with Gasteiger partial charge in [0.05, 0.1) is 11.1 Å². The van der Waals surface area contributed by atoms with Gasteiger partial charge in [0.1, 0.15) is 6.54 Å². The van der Waals surface area contributed by atoms with Crippen molar-refractivity contribution in [2.75, 3.05) is 11.9 Å². The molecule has 0 aliphatic carbocycles. The van der Waals surface area contributed by atoms with E-state index in [4.69, 9.17) is 23.2 Å². The van der Waals surface area contributed by atoms with Crippen molar-refractivity contribution in [1.29, 1.82) is 0 Å². The van der Waals surface area contributed by atoms with Crippen LogP contribution in [-0.2, 0) is 4.79 Å². The number of fused-ring (bicyclic) bond motifs is 1. The molecule has 0 saturated carbocycles. The third-order valence-corrected chi connectivity index (χ3v) is 4.42. The summed E-state index contributed by atoms with van der Waals surface area (Å²) in [6, 6.07) is 9.55. The molecule has 122 valence electrons. The Hall–Kier alpha value is -2.37. The highest BCUT2D eigenvalue weighted by Gasteiger charge is 2.36. The first kappa shape index (κ1) is 16.5. The second-order valence-corrected chi connectivity index (χ2v) is 6.19. The molecule has 0 aromatic heterocycles. The van der Waals surface area contributed by atoms with E-state index in [0.29, 0.717) is 21.3 Å². The van der Waals surface area contributed by atoms with E-state index in [9.17, 15) is 14.4 Å². The van der Waals surface area contributed by atoms with Gasteiger partial charge >= 0.3 is 0 Å². The Morgan fingerprint density at radius 3 is 2.54 bits per heavy atom. The zero-order chi connectivity index (χ0) is 17.4. The monoisotopic (exact) mass is 362 g/mol. The number of hydrogen-bond acceptors (Lipinski definition) is 3. The van der Waals surface area contributed by atoms with Crippen molar-refractivity contribution in [3.05, 3.63) is 63.1 Å². The number of halogens is 2. The molecule has 0 spiro atoms. The van der Waals surface area contributed by atoms with Crippen molar-refractivity contribution < 1.29 is 14.4 Å². The predicted octanol–water partition coefficient (Wildman–Crippen LogP) is 3.54. The fraction of sp³-hybridized carbons (Fsp3) is 0.118. The SMILES string of the molecule is Cc1c(Cl)cccc1NC(=O)CN1C(=O)c2ccc(Cl)cc2C1=O. The Morgan fingerprint density at radius 2 is 1.79 bits per heavy atom. The van der Waals surface area contributed by atoms with E-state index in [2.05, 4.69) is 5.32 Å². The molecule has 1 aliphatic heterocycles. The molecule has 5 nitrogen and oxygen atoms in total. The van der Waals surface area contributed by atoms with Gasteiger partial charge in [-0.2, -0.15) is 0 Å². The van der Waals surface area contributed by atoms with Crippen LogP contribution < -0.4 is 5.32 Å². The van der Waals surface area contributed by atoms with Crippen LogP contribution in [0.3, 0.4) is 0 Å². The normalized spacial score (nSPS) is 13.2. The number of anilines is 1. The largest absolute Gasteiger partial charge is 0.324 e. The van der Waals surface area contributed by atoms with Gasteiger partial charge in [0, 0.05) is 15.7 Å². The van der Waals surface area contributed by atoms with Gasteiger partial charge in [-0.15, -0.1) is 0 Å². The molecule has 0 bridgehead atoms. The first-order chi connectivity index (χ1) is 11.4. The van der Waals surface area contributed by atoms with Crippen LogP contribution in [0.5, 0.6) is 0 Å². The number of amides is 3. The van der Waals surface area contributed by atoms with Crippen LogP contribution in [-0.4, -0.2) is 29.2 Å². The van der Waals surface area contributed by atoms with Crippen LogP contribution in [0.15, 0.2) is 36.4 Å². The number of rotatable bonds is 3. The summed E-state index contributed by atoms with van der Waals surface area (Å²) in [6.45, 7) is 1.39. The van der Waals surface area contributed by atoms with Crippen LogP contribution in [0.4, 0.5) is 5.69 Å². The predicted molar refractivity (Wildman–Crippen MR) is 91.6 cm³/mol. The molecule has 1 heterocycles. The van der Waals surface area contributed by atoms with Gasteiger partial charge in [0.15, 0.2) is 0 Å². The zero-order valence-corrected chi connectivity index (χ0v) is 14.1. The van der Waals surface area contributed by atoms with Crippen molar-refractivity contribution in [3.63, 3.8) is 0 Å². The Kier molecular flexibility index (Phi) is 4.30. The van der Waals surface area contributed by atoms with E-state index in [1.54, 1.807) is 25.1 Å². The lowest BCUT2D eigenvalue weighted by molar-refractivity contribution is -0.116. The average Bonchev–Trinajstić information content (AvgIpc) is 2.76. The molecular weight excluding hydrogens is 351 g/mol. The Bertz CT molecular complexity index is 880. The Labute approximate surface area is 148 Å². The van der Waals surface area contributed by atoms with Crippen LogP contribution in [0.1, 0.15) is 26.3 Å². The number of carbonyl (C=O) groups excluding carboxylic acids is 3. The van der Waals surface area contributed by atoms with Crippen molar-refractivity contribution in [2.24, 2.45) is 0 Å². The highest BCUT2D eigenvalue weighted by molar-refractivity contribution is 6.32. The van der Waals surface area contributed by atoms with Gasteiger partial charge in [0.2, 0.25) is 5.91 Å². The molecule has 1 N–H and O–H groups in total. The number of nitrogens with zero attached hydrogens (tertiary/aromatic N) is 1. The molecule has 2 aromatic carbocycles. The Balaban J connectivity index is 1.77. The maximum atomic E-state index is 12.3. The molecular formula is C17H12Cl2N2O3. The zero-order valence-electron chi connectivity index (χ0n) is 12.6. The van der Waals surface area contributed by atoms with Crippen molar-refractivity contribution in [1.82, 2.24) is 4.90 Å². The van der Waals surface area contributed by atoms with Crippen LogP contribution >= 0.6 is 23.2 Å². The van der Waals surface area contributed by atoms with Crippen molar-refractivity contribution in [3.8, 4) is 0 Å². The van der Waals surface area contributed by atoms with E-state index in [0.717, 1.165) is 4.90 Å². The number of carbonyl (C=O) groups is 3. The first-order valence-corrected chi connectivity index (χ1v) is 7.85. The van der Waals surface area contributed by atoms with E-state index in [1.165, 1.54) is 18.2 Å². The molecule has 0 fully saturated rings. The van der Waals surface area contributed by atoms with Gasteiger partial charge in [-0.3, -0.25) is 19.3 Å². The maximum absolute atomic E-state index is 12.3. The fourth-order valence-corrected chi connectivity index (χ4v) is 2.83. The lowest BCUT2D eigenvalue weighted by atomic mass is 10.1. The molecule has 3 amide bonds. The second-order valence-electron chi connectivity index (χ2n) is 5.35. The standard InChI is InChI=1S/C17H12Cl2N2O3/c1-9-13(19)3-2-4-14(9)20-15(22)8-21-16(23)11-6-5-10(18)7-12(11)17(21)24/h2-7H,8H2,1H3,(H,20,22). The van der Waals surface area contributed by atoms with Crippen LogP contribution in [0.25, 0.3) is 0 Å². The molecule has 3 rings (SSSR count). The number of benzene rings is 2. The van der Waals surface area contributed by atoms with Gasteiger partial charge in [-0.05, 0) is 42.8 Å². The van der Waals surface area contributed by atoms with Gasteiger partial charge in [-0.1, -0.05) is 29.3 Å². The van der Waals surface area contributed by atoms with Gasteiger partial charge in [0.25, 0.3) is 11.8 Å². The molecule has 0 saturated heterocycles. The number of imide groups is 1. The Morgan fingerprint density at radius 1 is 1.08 bits per heavy atom. The number of hydrogen-bond donors (Lipinski definition) is 1. The summed E-state index contributed by atoms with van der Waals surface area (Å²) < 4.78 is 0. The van der Waals surface area contributed by atoms with Gasteiger partial charge in [-0.25, -0.2) is 0 Å². The fourth-order valence-electron chi connectivity index (χ4n) is 2.48. The van der Waals surface area contributed by atoms with Crippen LogP contribution in [0.2, 0.25) is 10.0 Å². The summed E-state index contributed by atoms with van der Waals surface area (Å²) in [5.41, 5.74) is 1.70. The lowest BCUT2D eigenvalue weighted by Crippen LogP contribution is -2.37. The summed E-state index contributed by atoms with van der Waals surface area (Å²) in [6.07, 6.45) is 0. The van der Waals surface area contributed by atoms with E-state index in [-0.39, 0.29) is 17.7 Å². The van der Waals surface area contributed by atoms with E-state index < -0.39 is 17.7 Å². The summed E-state index contributed by atoms with van der Waals surface area (Å²) >= 11 is 11.9. The molecule has 7 heteroatoms. The topological polar surface area (TPSA) is 66.5 Å². The minimum atomic E-state index is -0.532. The second kappa shape index (κ2) is 6.26. The molecule has 0 radical (unpaired) electrons. The van der Waals surface area contributed by atoms with Gasteiger partial charge < -0.3 is 5.32 Å². The maximum Gasteiger partial charge on any atom is 0.262 e. The summed E-state index contributed by atoms with van der Waals surface area (Å²) in [4.78, 5) is 37.7. The molecule has 0 unspecified atom stereocenters. The quantitative estimate of drug-likeness (QED) is 0.849. The highest BCUT2D eigenvalue weighted by atomic mass is 35.5. The summed E-state index contributed by atoms with van der Waals surface area (Å²) in [5, 5.41) is 3.54. The lowest BCUT2D eigenvalue weighted by Gasteiger charge is -2.15. The van der Waals surface area contributed by atoms with Crippen LogP contribution in [0, 0.1) is 6.92 Å². The third-order valence-electron chi connectivity index (χ3n) is 3.78. The minimum absolute atomic E-state index is 0.208. The first-order valence-electron chi connectivity index (χ1n) is 7.09. The molecule has 2 aromatic rings.